The molecule has 0 aliphatic carbocycles. The Morgan fingerprint density at radius 3 is 2.72 bits per heavy atom. The summed E-state index contributed by atoms with van der Waals surface area (Å²) in [7, 11) is 4.20. The van der Waals surface area contributed by atoms with Crippen molar-refractivity contribution in [3.05, 3.63) is 29.6 Å². The first-order valence-electron chi connectivity index (χ1n) is 6.45. The fraction of sp³-hybridized carbons (Fsp3) is 0.571. The van der Waals surface area contributed by atoms with E-state index < -0.39 is 0 Å². The zero-order valence-corrected chi connectivity index (χ0v) is 11.4. The molecule has 100 valence electrons. The van der Waals surface area contributed by atoms with E-state index in [2.05, 4.69) is 23.9 Å². The number of hydrogen-bond acceptors (Lipinski definition) is 3. The molecule has 2 atom stereocenters. The van der Waals surface area contributed by atoms with Crippen LogP contribution >= 0.6 is 0 Å². The molecule has 0 spiro atoms. The van der Waals surface area contributed by atoms with Crippen molar-refractivity contribution in [2.45, 2.75) is 25.4 Å². The van der Waals surface area contributed by atoms with Crippen LogP contribution < -0.4 is 10.6 Å². The Kier molecular flexibility index (Phi) is 3.88. The van der Waals surface area contributed by atoms with Crippen molar-refractivity contribution >= 4 is 5.69 Å². The number of nitrogens with two attached hydrogens (primary N) is 1. The van der Waals surface area contributed by atoms with Gasteiger partial charge in [0.25, 0.3) is 0 Å². The average Bonchev–Trinajstić information content (AvgIpc) is 2.78. The number of halogens is 1. The summed E-state index contributed by atoms with van der Waals surface area (Å²) in [4.78, 5) is 4.55. The molecule has 18 heavy (non-hydrogen) atoms. The second-order valence-electron chi connectivity index (χ2n) is 5.34. The van der Waals surface area contributed by atoms with Crippen molar-refractivity contribution in [3.63, 3.8) is 0 Å². The van der Waals surface area contributed by atoms with E-state index in [1.54, 1.807) is 6.07 Å². The van der Waals surface area contributed by atoms with Crippen LogP contribution in [0.5, 0.6) is 0 Å². The van der Waals surface area contributed by atoms with Gasteiger partial charge in [-0.25, -0.2) is 4.39 Å². The van der Waals surface area contributed by atoms with Crippen LogP contribution in [0.4, 0.5) is 10.1 Å². The Hall–Kier alpha value is -1.13. The van der Waals surface area contributed by atoms with Gasteiger partial charge in [-0.3, -0.25) is 0 Å². The quantitative estimate of drug-likeness (QED) is 0.891. The van der Waals surface area contributed by atoms with E-state index in [-0.39, 0.29) is 11.9 Å². The molecule has 0 saturated carbocycles. The topological polar surface area (TPSA) is 32.5 Å². The third-order valence-corrected chi connectivity index (χ3v) is 3.71. The largest absolute Gasteiger partial charge is 0.370 e. The van der Waals surface area contributed by atoms with E-state index >= 15 is 0 Å². The normalized spacial score (nSPS) is 21.7. The second-order valence-corrected chi connectivity index (χ2v) is 5.34. The van der Waals surface area contributed by atoms with Crippen LogP contribution in [0, 0.1) is 5.82 Å². The highest BCUT2D eigenvalue weighted by molar-refractivity contribution is 5.56. The predicted octanol–water partition coefficient (Wildman–Crippen LogP) is 1.99. The van der Waals surface area contributed by atoms with Crippen LogP contribution in [0.2, 0.25) is 0 Å². The SMILES string of the molecule is C[C@H](N)c1cc(F)ccc1N1CCC(N(C)C)C1. The van der Waals surface area contributed by atoms with Crippen LogP contribution in [0.15, 0.2) is 18.2 Å². The van der Waals surface area contributed by atoms with E-state index in [9.17, 15) is 4.39 Å². The monoisotopic (exact) mass is 251 g/mol. The van der Waals surface area contributed by atoms with Crippen LogP contribution in [-0.4, -0.2) is 38.1 Å². The summed E-state index contributed by atoms with van der Waals surface area (Å²) in [5.74, 6) is -0.214. The Labute approximate surface area is 108 Å². The van der Waals surface area contributed by atoms with E-state index in [0.29, 0.717) is 6.04 Å². The Bertz CT molecular complexity index is 418. The molecule has 2 N–H and O–H groups in total. The van der Waals surface area contributed by atoms with Gasteiger partial charge in [0.05, 0.1) is 0 Å². The lowest BCUT2D eigenvalue weighted by molar-refractivity contribution is 0.315. The van der Waals surface area contributed by atoms with Crippen molar-refractivity contribution in [3.8, 4) is 0 Å². The third kappa shape index (κ3) is 2.65. The molecular weight excluding hydrogens is 229 g/mol. The fourth-order valence-corrected chi connectivity index (χ4v) is 2.56. The van der Waals surface area contributed by atoms with Gasteiger partial charge in [0, 0.05) is 30.9 Å². The second kappa shape index (κ2) is 5.24. The van der Waals surface area contributed by atoms with Crippen molar-refractivity contribution in [1.82, 2.24) is 4.90 Å². The summed E-state index contributed by atoms with van der Waals surface area (Å²) in [6.45, 7) is 3.89. The van der Waals surface area contributed by atoms with Crippen LogP contribution in [0.25, 0.3) is 0 Å². The molecule has 2 rings (SSSR count). The van der Waals surface area contributed by atoms with Gasteiger partial charge in [0.2, 0.25) is 0 Å². The van der Waals surface area contributed by atoms with Gasteiger partial charge >= 0.3 is 0 Å². The highest BCUT2D eigenvalue weighted by atomic mass is 19.1. The van der Waals surface area contributed by atoms with Crippen molar-refractivity contribution < 1.29 is 4.39 Å². The maximum absolute atomic E-state index is 13.3. The number of anilines is 1. The summed E-state index contributed by atoms with van der Waals surface area (Å²) in [6, 6.07) is 5.35. The van der Waals surface area contributed by atoms with E-state index in [1.807, 2.05) is 13.0 Å². The Balaban J connectivity index is 2.24. The molecule has 1 aromatic rings. The van der Waals surface area contributed by atoms with E-state index in [4.69, 9.17) is 5.73 Å². The minimum atomic E-state index is -0.214. The molecule has 1 aromatic carbocycles. The zero-order valence-electron chi connectivity index (χ0n) is 11.4. The molecule has 0 aromatic heterocycles. The van der Waals surface area contributed by atoms with Gasteiger partial charge in [-0.1, -0.05) is 0 Å². The smallest absolute Gasteiger partial charge is 0.123 e. The fourth-order valence-electron chi connectivity index (χ4n) is 2.56. The minimum Gasteiger partial charge on any atom is -0.370 e. The molecule has 3 nitrogen and oxygen atoms in total. The molecule has 0 amide bonds. The number of hydrogen-bond donors (Lipinski definition) is 1. The third-order valence-electron chi connectivity index (χ3n) is 3.71. The maximum Gasteiger partial charge on any atom is 0.123 e. The van der Waals surface area contributed by atoms with Crippen LogP contribution in [0.3, 0.4) is 0 Å². The van der Waals surface area contributed by atoms with Gasteiger partial charge in [-0.2, -0.15) is 0 Å². The first kappa shape index (κ1) is 13.3. The van der Waals surface area contributed by atoms with Gasteiger partial charge in [-0.15, -0.1) is 0 Å². The average molecular weight is 251 g/mol. The lowest BCUT2D eigenvalue weighted by Crippen LogP contribution is -2.32. The van der Waals surface area contributed by atoms with E-state index in [0.717, 1.165) is 30.8 Å². The Morgan fingerprint density at radius 2 is 2.17 bits per heavy atom. The predicted molar refractivity (Wildman–Crippen MR) is 73.3 cm³/mol. The van der Waals surface area contributed by atoms with Crippen LogP contribution in [-0.2, 0) is 0 Å². The number of benzene rings is 1. The van der Waals surface area contributed by atoms with Gasteiger partial charge in [-0.05, 0) is 51.2 Å². The maximum atomic E-state index is 13.3. The molecule has 1 saturated heterocycles. The van der Waals surface area contributed by atoms with Crippen molar-refractivity contribution in [2.24, 2.45) is 5.73 Å². The minimum absolute atomic E-state index is 0.144. The molecule has 0 bridgehead atoms. The van der Waals surface area contributed by atoms with Gasteiger partial charge in [0.1, 0.15) is 5.82 Å². The number of rotatable bonds is 3. The standard InChI is InChI=1S/C14H22FN3/c1-10(16)13-8-11(15)4-5-14(13)18-7-6-12(9-18)17(2)3/h4-5,8,10,12H,6-7,9,16H2,1-3H3/t10-,12?/m0/s1. The molecule has 1 aliphatic rings. The molecule has 1 heterocycles. The van der Waals surface area contributed by atoms with Crippen LogP contribution in [0.1, 0.15) is 24.9 Å². The van der Waals surface area contributed by atoms with Crippen molar-refractivity contribution in [1.29, 1.82) is 0 Å². The summed E-state index contributed by atoms with van der Waals surface area (Å²) in [5.41, 5.74) is 7.92. The lowest BCUT2D eigenvalue weighted by atomic mass is 10.1. The number of likely N-dealkylation sites (N-methyl/N-ethyl adjacent to an activating group) is 1. The molecule has 0 radical (unpaired) electrons. The lowest BCUT2D eigenvalue weighted by Gasteiger charge is -2.25. The molecule has 1 aliphatic heterocycles. The Morgan fingerprint density at radius 1 is 1.44 bits per heavy atom. The summed E-state index contributed by atoms with van der Waals surface area (Å²) >= 11 is 0. The summed E-state index contributed by atoms with van der Waals surface area (Å²) < 4.78 is 13.3. The molecule has 1 fully saturated rings. The highest BCUT2D eigenvalue weighted by Crippen LogP contribution is 2.29. The molecule has 4 heteroatoms. The number of nitrogens with zero attached hydrogens (tertiary/aromatic N) is 2. The first-order chi connectivity index (χ1) is 8.49. The van der Waals surface area contributed by atoms with Crippen molar-refractivity contribution in [2.75, 3.05) is 32.1 Å². The first-order valence-corrected chi connectivity index (χ1v) is 6.45. The highest BCUT2D eigenvalue weighted by Gasteiger charge is 2.26. The van der Waals surface area contributed by atoms with E-state index in [1.165, 1.54) is 6.07 Å². The summed E-state index contributed by atoms with van der Waals surface area (Å²) in [6.07, 6.45) is 1.14. The van der Waals surface area contributed by atoms with Gasteiger partial charge < -0.3 is 15.5 Å². The molecular formula is C14H22FN3. The zero-order chi connectivity index (χ0) is 13.3. The van der Waals surface area contributed by atoms with Gasteiger partial charge in [0.15, 0.2) is 0 Å². The molecule has 1 unspecified atom stereocenters. The summed E-state index contributed by atoms with van der Waals surface area (Å²) in [5, 5.41) is 0.